The van der Waals surface area contributed by atoms with Crippen LogP contribution in [-0.4, -0.2) is 11.3 Å². The van der Waals surface area contributed by atoms with Gasteiger partial charge in [0.25, 0.3) is 0 Å². The van der Waals surface area contributed by atoms with Crippen LogP contribution in [0, 0.1) is 0 Å². The van der Waals surface area contributed by atoms with Gasteiger partial charge in [-0.05, 0) is 30.3 Å². The maximum absolute atomic E-state index is 9.65. The largest absolute Gasteiger partial charge is 1.00 e. The molecule has 5 heteroatoms. The normalized spacial score (nSPS) is 10.5. The van der Waals surface area contributed by atoms with Crippen molar-refractivity contribution in [2.24, 2.45) is 5.10 Å². The monoisotopic (exact) mass is 299 g/mol. The zero-order chi connectivity index (χ0) is 13.8. The Morgan fingerprint density at radius 1 is 1.00 bits per heavy atom. The summed E-state index contributed by atoms with van der Waals surface area (Å²) in [7, 11) is 0. The summed E-state index contributed by atoms with van der Waals surface area (Å²) >= 11 is 0. The number of phenolic OH excluding ortho intramolecular Hbond substituents is 1. The highest BCUT2D eigenvalue weighted by Gasteiger charge is 2.05. The molecule has 1 aromatic heterocycles. The number of nitrogens with zero attached hydrogens (tertiary/aromatic N) is 1. The molecule has 0 amide bonds. The first-order valence-electron chi connectivity index (χ1n) is 6.31. The van der Waals surface area contributed by atoms with Crippen LogP contribution in [0.4, 0.5) is 5.69 Å². The predicted molar refractivity (Wildman–Crippen MR) is 79.8 cm³/mol. The van der Waals surface area contributed by atoms with Crippen LogP contribution in [0.2, 0.25) is 0 Å². The molecule has 0 spiro atoms. The van der Waals surface area contributed by atoms with E-state index in [1.54, 1.807) is 24.4 Å². The van der Waals surface area contributed by atoms with Crippen molar-refractivity contribution in [1.82, 2.24) is 0 Å². The lowest BCUT2D eigenvalue weighted by atomic mass is 10.2. The van der Waals surface area contributed by atoms with Crippen molar-refractivity contribution < 1.29 is 22.5 Å². The number of rotatable bonds is 3. The molecule has 0 saturated heterocycles. The van der Waals surface area contributed by atoms with E-state index in [0.29, 0.717) is 5.56 Å². The van der Waals surface area contributed by atoms with Gasteiger partial charge in [-0.15, -0.1) is 0 Å². The Kier molecular flexibility index (Phi) is 4.74. The van der Waals surface area contributed by atoms with Crippen LogP contribution in [0.5, 0.6) is 5.75 Å². The van der Waals surface area contributed by atoms with Crippen LogP contribution in [0.25, 0.3) is 10.9 Å². The highest BCUT2D eigenvalue weighted by Crippen LogP contribution is 2.18. The molecule has 0 bridgehead atoms. The van der Waals surface area contributed by atoms with Crippen molar-refractivity contribution in [2.45, 2.75) is 0 Å². The SMILES string of the molecule is Oc1ccccc1C=NNc1cccc2ccc[nH+]c12.[Cl-]. The van der Waals surface area contributed by atoms with E-state index in [1.807, 2.05) is 42.6 Å². The fourth-order valence-corrected chi connectivity index (χ4v) is 2.01. The zero-order valence-electron chi connectivity index (χ0n) is 11.1. The van der Waals surface area contributed by atoms with E-state index in [-0.39, 0.29) is 18.2 Å². The fourth-order valence-electron chi connectivity index (χ4n) is 2.01. The van der Waals surface area contributed by atoms with Crippen molar-refractivity contribution >= 4 is 22.8 Å². The number of halogens is 1. The minimum absolute atomic E-state index is 0. The topological polar surface area (TPSA) is 58.8 Å². The highest BCUT2D eigenvalue weighted by molar-refractivity contribution is 5.88. The number of hydrazone groups is 1. The van der Waals surface area contributed by atoms with Crippen molar-refractivity contribution in [1.29, 1.82) is 0 Å². The average molecular weight is 300 g/mol. The third-order valence-corrected chi connectivity index (χ3v) is 3.02. The number of anilines is 1. The lowest BCUT2D eigenvalue weighted by molar-refractivity contribution is -0.344. The number of para-hydroxylation sites is 2. The van der Waals surface area contributed by atoms with E-state index in [4.69, 9.17) is 0 Å². The van der Waals surface area contributed by atoms with Gasteiger partial charge in [0.15, 0.2) is 6.20 Å². The number of hydrogen-bond acceptors (Lipinski definition) is 3. The molecule has 0 fully saturated rings. The molecule has 0 atom stereocenters. The maximum Gasteiger partial charge on any atom is 0.236 e. The Morgan fingerprint density at radius 2 is 1.81 bits per heavy atom. The van der Waals surface area contributed by atoms with Crippen LogP contribution in [0.3, 0.4) is 0 Å². The minimum Gasteiger partial charge on any atom is -1.00 e. The first kappa shape index (κ1) is 14.8. The smallest absolute Gasteiger partial charge is 0.236 e. The molecule has 0 unspecified atom stereocenters. The first-order valence-corrected chi connectivity index (χ1v) is 6.31. The molecular weight excluding hydrogens is 286 g/mol. The molecule has 106 valence electrons. The van der Waals surface area contributed by atoms with E-state index < -0.39 is 0 Å². The quantitative estimate of drug-likeness (QED) is 0.520. The van der Waals surface area contributed by atoms with Crippen LogP contribution < -0.4 is 22.8 Å². The summed E-state index contributed by atoms with van der Waals surface area (Å²) < 4.78 is 0. The summed E-state index contributed by atoms with van der Waals surface area (Å²) in [5, 5.41) is 14.9. The Labute approximate surface area is 128 Å². The molecule has 2 aromatic carbocycles. The second kappa shape index (κ2) is 6.72. The van der Waals surface area contributed by atoms with Crippen LogP contribution in [-0.2, 0) is 0 Å². The highest BCUT2D eigenvalue weighted by atomic mass is 35.5. The fraction of sp³-hybridized carbons (Fsp3) is 0. The molecule has 0 aliphatic heterocycles. The lowest BCUT2D eigenvalue weighted by Gasteiger charge is -2.01. The summed E-state index contributed by atoms with van der Waals surface area (Å²) in [6.45, 7) is 0. The molecule has 1 heterocycles. The molecule has 0 aliphatic rings. The third-order valence-electron chi connectivity index (χ3n) is 3.02. The number of pyridine rings is 1. The Morgan fingerprint density at radius 3 is 2.67 bits per heavy atom. The molecular formula is C16H14ClN3O. The Bertz CT molecular complexity index is 769. The second-order valence-electron chi connectivity index (χ2n) is 4.37. The zero-order valence-corrected chi connectivity index (χ0v) is 11.9. The summed E-state index contributed by atoms with van der Waals surface area (Å²) in [6, 6.07) is 17.0. The molecule has 0 saturated carbocycles. The number of nitrogens with one attached hydrogen (secondary N) is 2. The van der Waals surface area contributed by atoms with Gasteiger partial charge in [0.1, 0.15) is 11.4 Å². The average Bonchev–Trinajstić information content (AvgIpc) is 2.49. The van der Waals surface area contributed by atoms with Gasteiger partial charge in [0.2, 0.25) is 5.52 Å². The predicted octanol–water partition coefficient (Wildman–Crippen LogP) is -0.191. The standard InChI is InChI=1S/C16H13N3O.ClH/c20-15-9-2-1-5-13(15)11-18-19-14-8-3-6-12-7-4-10-17-16(12)14;/h1-11,19-20H;1H. The van der Waals surface area contributed by atoms with E-state index in [9.17, 15) is 5.11 Å². The Balaban J connectivity index is 0.00000161. The summed E-state index contributed by atoms with van der Waals surface area (Å²) in [5.41, 5.74) is 5.54. The molecule has 0 radical (unpaired) electrons. The van der Waals surface area contributed by atoms with Gasteiger partial charge in [-0.3, -0.25) is 5.43 Å². The van der Waals surface area contributed by atoms with Gasteiger partial charge < -0.3 is 17.5 Å². The Hall–Kier alpha value is -2.59. The van der Waals surface area contributed by atoms with Crippen LogP contribution in [0.1, 0.15) is 5.56 Å². The van der Waals surface area contributed by atoms with Crippen molar-refractivity contribution in [3.63, 3.8) is 0 Å². The van der Waals surface area contributed by atoms with Crippen molar-refractivity contribution in [3.8, 4) is 5.75 Å². The number of aromatic hydroxyl groups is 1. The lowest BCUT2D eigenvalue weighted by Crippen LogP contribution is -3.00. The first-order chi connectivity index (χ1) is 9.84. The molecule has 3 N–H and O–H groups in total. The number of phenols is 1. The molecule has 3 aromatic rings. The summed E-state index contributed by atoms with van der Waals surface area (Å²) in [4.78, 5) is 3.19. The van der Waals surface area contributed by atoms with Gasteiger partial charge in [-0.2, -0.15) is 5.10 Å². The number of fused-ring (bicyclic) bond motifs is 1. The van der Waals surface area contributed by atoms with Gasteiger partial charge in [-0.1, -0.05) is 18.2 Å². The maximum atomic E-state index is 9.65. The van der Waals surface area contributed by atoms with E-state index in [2.05, 4.69) is 15.5 Å². The van der Waals surface area contributed by atoms with Crippen LogP contribution >= 0.6 is 0 Å². The van der Waals surface area contributed by atoms with Gasteiger partial charge in [0.05, 0.1) is 6.21 Å². The second-order valence-corrected chi connectivity index (χ2v) is 4.37. The number of benzene rings is 2. The van der Waals surface area contributed by atoms with Gasteiger partial charge in [0, 0.05) is 17.0 Å². The third kappa shape index (κ3) is 3.30. The van der Waals surface area contributed by atoms with Gasteiger partial charge in [-0.25, -0.2) is 4.98 Å². The van der Waals surface area contributed by atoms with E-state index in [0.717, 1.165) is 16.6 Å². The number of H-pyrrole nitrogens is 1. The molecule has 0 aliphatic carbocycles. The molecule has 3 rings (SSSR count). The number of aromatic nitrogens is 1. The van der Waals surface area contributed by atoms with Gasteiger partial charge >= 0.3 is 0 Å². The summed E-state index contributed by atoms with van der Waals surface area (Å²) in [6.07, 6.45) is 3.47. The summed E-state index contributed by atoms with van der Waals surface area (Å²) in [5.74, 6) is 0.211. The molecule has 21 heavy (non-hydrogen) atoms. The van der Waals surface area contributed by atoms with Crippen LogP contribution in [0.15, 0.2) is 65.9 Å². The van der Waals surface area contributed by atoms with Crippen molar-refractivity contribution in [3.05, 3.63) is 66.4 Å². The van der Waals surface area contributed by atoms with E-state index >= 15 is 0 Å². The van der Waals surface area contributed by atoms with Crippen molar-refractivity contribution in [2.75, 3.05) is 5.43 Å². The number of hydrogen-bond donors (Lipinski definition) is 2. The number of aromatic amines is 1. The molecule has 4 nitrogen and oxygen atoms in total. The van der Waals surface area contributed by atoms with E-state index in [1.165, 1.54) is 0 Å². The minimum atomic E-state index is 0.